The van der Waals surface area contributed by atoms with Crippen molar-refractivity contribution in [1.82, 2.24) is 9.55 Å². The number of fused-ring (bicyclic) bond motifs is 1. The average Bonchev–Trinajstić information content (AvgIpc) is 3.20. The van der Waals surface area contributed by atoms with Crippen LogP contribution in [0.2, 0.25) is 0 Å². The minimum atomic E-state index is -0.127. The van der Waals surface area contributed by atoms with Gasteiger partial charge in [0.1, 0.15) is 19.0 Å². The van der Waals surface area contributed by atoms with E-state index in [-0.39, 0.29) is 11.7 Å². The number of ether oxygens (including phenoxy) is 3. The van der Waals surface area contributed by atoms with Crippen LogP contribution in [0.25, 0.3) is 5.69 Å². The van der Waals surface area contributed by atoms with Crippen LogP contribution in [0.3, 0.4) is 0 Å². The number of aromatic nitrogens is 2. The number of thioether (sulfide) groups is 1. The lowest BCUT2D eigenvalue weighted by molar-refractivity contribution is -0.113. The van der Waals surface area contributed by atoms with E-state index in [1.54, 1.807) is 31.5 Å². The van der Waals surface area contributed by atoms with Crippen molar-refractivity contribution in [3.8, 4) is 22.9 Å². The van der Waals surface area contributed by atoms with Crippen LogP contribution >= 0.6 is 11.8 Å². The van der Waals surface area contributed by atoms with Crippen LogP contribution in [-0.4, -0.2) is 41.5 Å². The molecule has 2 heterocycles. The van der Waals surface area contributed by atoms with Gasteiger partial charge in [0.15, 0.2) is 16.7 Å². The molecule has 0 unspecified atom stereocenters. The van der Waals surface area contributed by atoms with Gasteiger partial charge >= 0.3 is 0 Å². The van der Waals surface area contributed by atoms with Gasteiger partial charge < -0.3 is 19.5 Å². The maximum absolute atomic E-state index is 12.4. The van der Waals surface area contributed by atoms with Crippen molar-refractivity contribution in [3.63, 3.8) is 0 Å². The van der Waals surface area contributed by atoms with Crippen LogP contribution in [0.1, 0.15) is 5.56 Å². The fraction of sp³-hybridized carbons (Fsp3) is 0.238. The van der Waals surface area contributed by atoms with Gasteiger partial charge in [0.05, 0.1) is 18.6 Å². The zero-order chi connectivity index (χ0) is 20.2. The number of benzene rings is 2. The fourth-order valence-electron chi connectivity index (χ4n) is 3.02. The quantitative estimate of drug-likeness (QED) is 0.624. The molecule has 7 nitrogen and oxygen atoms in total. The Morgan fingerprint density at radius 3 is 2.86 bits per heavy atom. The summed E-state index contributed by atoms with van der Waals surface area (Å²) in [5, 5.41) is 3.60. The molecule has 4 rings (SSSR count). The molecule has 1 aliphatic heterocycles. The Morgan fingerprint density at radius 2 is 2.03 bits per heavy atom. The van der Waals surface area contributed by atoms with Gasteiger partial charge in [-0.25, -0.2) is 4.98 Å². The Labute approximate surface area is 173 Å². The van der Waals surface area contributed by atoms with Crippen molar-refractivity contribution in [2.75, 3.05) is 31.4 Å². The van der Waals surface area contributed by atoms with Gasteiger partial charge in [-0.15, -0.1) is 0 Å². The second kappa shape index (κ2) is 8.48. The van der Waals surface area contributed by atoms with Crippen LogP contribution in [-0.2, 0) is 4.79 Å². The van der Waals surface area contributed by atoms with E-state index in [0.29, 0.717) is 35.6 Å². The Balaban J connectivity index is 1.43. The summed E-state index contributed by atoms with van der Waals surface area (Å²) in [6.45, 7) is 3.06. The smallest absolute Gasteiger partial charge is 0.234 e. The van der Waals surface area contributed by atoms with E-state index >= 15 is 0 Å². The first kappa shape index (κ1) is 19.2. The first-order valence-corrected chi connectivity index (χ1v) is 10.1. The van der Waals surface area contributed by atoms with E-state index in [1.165, 1.54) is 11.8 Å². The molecule has 0 saturated carbocycles. The normalized spacial score (nSPS) is 12.5. The molecule has 150 valence electrons. The zero-order valence-electron chi connectivity index (χ0n) is 16.2. The molecule has 2 aromatic carbocycles. The van der Waals surface area contributed by atoms with E-state index in [9.17, 15) is 4.79 Å². The highest BCUT2D eigenvalue weighted by molar-refractivity contribution is 7.99. The van der Waals surface area contributed by atoms with E-state index in [0.717, 1.165) is 17.0 Å². The second-order valence-electron chi connectivity index (χ2n) is 6.45. The number of imidazole rings is 1. The molecule has 0 bridgehead atoms. The monoisotopic (exact) mass is 411 g/mol. The first-order valence-electron chi connectivity index (χ1n) is 9.15. The summed E-state index contributed by atoms with van der Waals surface area (Å²) in [4.78, 5) is 16.8. The summed E-state index contributed by atoms with van der Waals surface area (Å²) in [5.41, 5.74) is 2.67. The molecule has 1 amide bonds. The number of carbonyl (C=O) groups is 1. The SMILES string of the molecule is COc1ccc(C)cc1-n1ccnc1SCC(=O)Nc1ccc2c(c1)OCCO2. The zero-order valence-corrected chi connectivity index (χ0v) is 17.0. The molecule has 3 aromatic rings. The highest BCUT2D eigenvalue weighted by atomic mass is 32.2. The van der Waals surface area contributed by atoms with E-state index < -0.39 is 0 Å². The van der Waals surface area contributed by atoms with E-state index in [1.807, 2.05) is 35.9 Å². The van der Waals surface area contributed by atoms with E-state index in [4.69, 9.17) is 14.2 Å². The molecule has 8 heteroatoms. The molecule has 1 aromatic heterocycles. The predicted octanol–water partition coefficient (Wildman–Crippen LogP) is 3.69. The Hall–Kier alpha value is -3.13. The fourth-order valence-corrected chi connectivity index (χ4v) is 3.78. The number of rotatable bonds is 6. The molecule has 1 aliphatic rings. The highest BCUT2D eigenvalue weighted by Crippen LogP contribution is 2.33. The molecule has 0 radical (unpaired) electrons. The van der Waals surface area contributed by atoms with Crippen molar-refractivity contribution in [2.45, 2.75) is 12.1 Å². The summed E-state index contributed by atoms with van der Waals surface area (Å²) in [6, 6.07) is 11.3. The van der Waals surface area contributed by atoms with Gasteiger partial charge in [0.2, 0.25) is 5.91 Å². The minimum absolute atomic E-state index is 0.127. The van der Waals surface area contributed by atoms with Crippen molar-refractivity contribution in [1.29, 1.82) is 0 Å². The van der Waals surface area contributed by atoms with Crippen molar-refractivity contribution in [2.24, 2.45) is 0 Å². The lowest BCUT2D eigenvalue weighted by Crippen LogP contribution is -2.17. The van der Waals surface area contributed by atoms with Crippen LogP contribution in [0.5, 0.6) is 17.2 Å². The lowest BCUT2D eigenvalue weighted by Gasteiger charge is -2.19. The highest BCUT2D eigenvalue weighted by Gasteiger charge is 2.15. The summed E-state index contributed by atoms with van der Waals surface area (Å²) < 4.78 is 18.4. The van der Waals surface area contributed by atoms with Crippen LogP contribution < -0.4 is 19.5 Å². The number of nitrogens with one attached hydrogen (secondary N) is 1. The molecule has 0 atom stereocenters. The third kappa shape index (κ3) is 4.32. The molecule has 0 saturated heterocycles. The van der Waals surface area contributed by atoms with Crippen LogP contribution in [0.15, 0.2) is 53.9 Å². The predicted molar refractivity (Wildman–Crippen MR) is 112 cm³/mol. The minimum Gasteiger partial charge on any atom is -0.495 e. The number of hydrogen-bond donors (Lipinski definition) is 1. The third-order valence-electron chi connectivity index (χ3n) is 4.36. The molecule has 0 spiro atoms. The maximum atomic E-state index is 12.4. The van der Waals surface area contributed by atoms with Gasteiger partial charge in [-0.1, -0.05) is 17.8 Å². The summed E-state index contributed by atoms with van der Waals surface area (Å²) in [6.07, 6.45) is 3.57. The van der Waals surface area contributed by atoms with Gasteiger partial charge in [-0.2, -0.15) is 0 Å². The molecular formula is C21H21N3O4S. The Bertz CT molecular complexity index is 1030. The number of amides is 1. The van der Waals surface area contributed by atoms with Crippen LogP contribution in [0.4, 0.5) is 5.69 Å². The number of carbonyl (C=O) groups excluding carboxylic acids is 1. The van der Waals surface area contributed by atoms with Gasteiger partial charge in [-0.3, -0.25) is 9.36 Å². The largest absolute Gasteiger partial charge is 0.495 e. The van der Waals surface area contributed by atoms with Gasteiger partial charge in [-0.05, 0) is 36.8 Å². The number of nitrogens with zero attached hydrogens (tertiary/aromatic N) is 2. The Kier molecular flexibility index (Phi) is 5.62. The lowest BCUT2D eigenvalue weighted by atomic mass is 10.2. The summed E-state index contributed by atoms with van der Waals surface area (Å²) >= 11 is 1.36. The summed E-state index contributed by atoms with van der Waals surface area (Å²) in [7, 11) is 1.64. The molecule has 29 heavy (non-hydrogen) atoms. The van der Waals surface area contributed by atoms with Crippen molar-refractivity contribution >= 4 is 23.4 Å². The standard InChI is InChI=1S/C21H21N3O4S/c1-14-3-5-17(26-2)16(11-14)24-8-7-22-21(24)29-13-20(25)23-15-4-6-18-19(12-15)28-10-9-27-18/h3-8,11-12H,9-10,13H2,1-2H3,(H,23,25). The van der Waals surface area contributed by atoms with Crippen molar-refractivity contribution in [3.05, 3.63) is 54.4 Å². The number of hydrogen-bond acceptors (Lipinski definition) is 6. The molecule has 0 aliphatic carbocycles. The van der Waals surface area contributed by atoms with Gasteiger partial charge in [0.25, 0.3) is 0 Å². The molecular weight excluding hydrogens is 390 g/mol. The average molecular weight is 411 g/mol. The number of methoxy groups -OCH3 is 1. The van der Waals surface area contributed by atoms with Crippen LogP contribution in [0, 0.1) is 6.92 Å². The molecule has 0 fully saturated rings. The first-order chi connectivity index (χ1) is 14.1. The third-order valence-corrected chi connectivity index (χ3v) is 5.33. The summed E-state index contributed by atoms with van der Waals surface area (Å²) in [5.74, 6) is 2.18. The Morgan fingerprint density at radius 1 is 1.21 bits per heavy atom. The van der Waals surface area contributed by atoms with Crippen molar-refractivity contribution < 1.29 is 19.0 Å². The van der Waals surface area contributed by atoms with E-state index in [2.05, 4.69) is 10.3 Å². The number of aryl methyl sites for hydroxylation is 1. The number of anilines is 1. The topological polar surface area (TPSA) is 74.6 Å². The van der Waals surface area contributed by atoms with Gasteiger partial charge in [0, 0.05) is 24.1 Å². The molecule has 1 N–H and O–H groups in total. The maximum Gasteiger partial charge on any atom is 0.234 e. The second-order valence-corrected chi connectivity index (χ2v) is 7.39.